The predicted molar refractivity (Wildman–Crippen MR) is 139 cm³/mol. The molecule has 0 unspecified atom stereocenters. The van der Waals surface area contributed by atoms with E-state index >= 15 is 0 Å². The van der Waals surface area contributed by atoms with Crippen molar-refractivity contribution >= 4 is 11.4 Å². The summed E-state index contributed by atoms with van der Waals surface area (Å²) in [6.07, 6.45) is 0. The van der Waals surface area contributed by atoms with Crippen molar-refractivity contribution in [3.63, 3.8) is 0 Å². The zero-order valence-corrected chi connectivity index (χ0v) is 21.8. The zero-order valence-electron chi connectivity index (χ0n) is 21.8. The fourth-order valence-corrected chi connectivity index (χ4v) is 4.16. The first-order valence-electron chi connectivity index (χ1n) is 12.0. The highest BCUT2D eigenvalue weighted by Gasteiger charge is 2.18. The van der Waals surface area contributed by atoms with Crippen LogP contribution in [0.5, 0.6) is 11.5 Å². The van der Waals surface area contributed by atoms with Crippen LogP contribution in [0.4, 0.5) is 11.4 Å². The molecule has 0 saturated carbocycles. The summed E-state index contributed by atoms with van der Waals surface area (Å²) < 4.78 is 11.1. The van der Waals surface area contributed by atoms with Crippen LogP contribution in [0.25, 0.3) is 0 Å². The van der Waals surface area contributed by atoms with Gasteiger partial charge in [0.05, 0.1) is 14.2 Å². The molecule has 0 bridgehead atoms. The van der Waals surface area contributed by atoms with Gasteiger partial charge in [0.2, 0.25) is 0 Å². The Labute approximate surface area is 196 Å². The summed E-state index contributed by atoms with van der Waals surface area (Å²) in [7, 11) is 3.49. The summed E-state index contributed by atoms with van der Waals surface area (Å²) in [5, 5.41) is 7.49. The van der Waals surface area contributed by atoms with Gasteiger partial charge < -0.3 is 20.1 Å². The molecule has 0 heterocycles. The Hall–Kier alpha value is -2.36. The minimum Gasteiger partial charge on any atom is -0.497 e. The lowest BCUT2D eigenvalue weighted by atomic mass is 9.91. The molecule has 0 aliphatic rings. The van der Waals surface area contributed by atoms with Crippen molar-refractivity contribution in [3.05, 3.63) is 46.5 Å². The molecule has 2 rings (SSSR count). The summed E-state index contributed by atoms with van der Waals surface area (Å²) in [6.45, 7) is 19.6. The van der Waals surface area contributed by atoms with Crippen LogP contribution in [0, 0.1) is 0 Å². The summed E-state index contributed by atoms with van der Waals surface area (Å²) in [5.74, 6) is 3.53. The topological polar surface area (TPSA) is 42.5 Å². The van der Waals surface area contributed by atoms with Gasteiger partial charge in [0.15, 0.2) is 0 Å². The van der Waals surface area contributed by atoms with Crippen molar-refractivity contribution in [2.24, 2.45) is 0 Å². The monoisotopic (exact) mass is 440 g/mol. The highest BCUT2D eigenvalue weighted by molar-refractivity contribution is 5.64. The third-order valence-electron chi connectivity index (χ3n) is 6.03. The second-order valence-corrected chi connectivity index (χ2v) is 9.83. The van der Waals surface area contributed by atoms with Crippen LogP contribution in [0.2, 0.25) is 0 Å². The lowest BCUT2D eigenvalue weighted by Crippen LogP contribution is -2.18. The minimum absolute atomic E-state index is 0.416. The van der Waals surface area contributed by atoms with E-state index in [2.05, 4.69) is 90.3 Å². The number of ether oxygens (including phenoxy) is 2. The second kappa shape index (κ2) is 11.5. The summed E-state index contributed by atoms with van der Waals surface area (Å²) in [6, 6.07) is 8.68. The van der Waals surface area contributed by atoms with Crippen LogP contribution < -0.4 is 20.1 Å². The molecule has 2 aromatic rings. The van der Waals surface area contributed by atoms with Crippen LogP contribution in [0.3, 0.4) is 0 Å². The maximum absolute atomic E-state index is 5.57. The van der Waals surface area contributed by atoms with Crippen LogP contribution in [0.1, 0.15) is 101 Å². The van der Waals surface area contributed by atoms with E-state index in [-0.39, 0.29) is 0 Å². The lowest BCUT2D eigenvalue weighted by Gasteiger charge is -2.24. The zero-order chi connectivity index (χ0) is 24.0. The molecule has 0 spiro atoms. The molecule has 4 heteroatoms. The molecule has 0 aromatic heterocycles. The van der Waals surface area contributed by atoms with Crippen LogP contribution in [-0.4, -0.2) is 27.3 Å². The third-order valence-corrected chi connectivity index (χ3v) is 6.03. The van der Waals surface area contributed by atoms with Crippen molar-refractivity contribution in [2.45, 2.75) is 79.1 Å². The highest BCUT2D eigenvalue weighted by Crippen LogP contribution is 2.38. The number of hydrogen-bond acceptors (Lipinski definition) is 4. The van der Waals surface area contributed by atoms with Crippen LogP contribution in [0.15, 0.2) is 24.3 Å². The largest absolute Gasteiger partial charge is 0.497 e. The van der Waals surface area contributed by atoms with Gasteiger partial charge in [-0.2, -0.15) is 0 Å². The van der Waals surface area contributed by atoms with Crippen molar-refractivity contribution < 1.29 is 9.47 Å². The quantitative estimate of drug-likeness (QED) is 0.351. The second-order valence-electron chi connectivity index (χ2n) is 9.83. The summed E-state index contributed by atoms with van der Waals surface area (Å²) in [5.41, 5.74) is 7.74. The van der Waals surface area contributed by atoms with Gasteiger partial charge in [-0.1, -0.05) is 55.4 Å². The van der Waals surface area contributed by atoms with Gasteiger partial charge in [-0.05, 0) is 70.2 Å². The summed E-state index contributed by atoms with van der Waals surface area (Å²) >= 11 is 0. The molecule has 2 N–H and O–H groups in total. The normalized spacial score (nSPS) is 11.6. The van der Waals surface area contributed by atoms with Crippen molar-refractivity contribution in [1.82, 2.24) is 0 Å². The van der Waals surface area contributed by atoms with Gasteiger partial charge >= 0.3 is 0 Å². The maximum atomic E-state index is 5.57. The third kappa shape index (κ3) is 6.11. The number of benzene rings is 2. The van der Waals surface area contributed by atoms with E-state index in [1.165, 1.54) is 33.6 Å². The van der Waals surface area contributed by atoms with E-state index in [1.807, 2.05) is 0 Å². The average molecular weight is 441 g/mol. The standard InChI is InChI=1S/C28H44N2O2/c1-17(2)23-13-21(31-9)14-24(18(3)4)27(23)29-11-12-30-28-25(19(5)6)15-22(32-10)16-26(28)20(7)8/h13-20,29-30H,11-12H2,1-10H3. The van der Waals surface area contributed by atoms with Gasteiger partial charge in [0.1, 0.15) is 11.5 Å². The highest BCUT2D eigenvalue weighted by atomic mass is 16.5. The van der Waals surface area contributed by atoms with Gasteiger partial charge in [-0.15, -0.1) is 0 Å². The number of rotatable bonds is 11. The van der Waals surface area contributed by atoms with Crippen molar-refractivity contribution in [3.8, 4) is 11.5 Å². The van der Waals surface area contributed by atoms with Gasteiger partial charge in [0, 0.05) is 24.5 Å². The Morgan fingerprint density at radius 1 is 0.531 bits per heavy atom. The molecule has 0 aliphatic heterocycles. The first-order chi connectivity index (χ1) is 15.1. The van der Waals surface area contributed by atoms with E-state index in [4.69, 9.17) is 9.47 Å². The fraction of sp³-hybridized carbons (Fsp3) is 0.571. The van der Waals surface area contributed by atoms with Gasteiger partial charge in [-0.3, -0.25) is 0 Å². The first-order valence-corrected chi connectivity index (χ1v) is 12.0. The number of methoxy groups -OCH3 is 2. The van der Waals surface area contributed by atoms with E-state index in [0.717, 1.165) is 24.6 Å². The number of anilines is 2. The van der Waals surface area contributed by atoms with Crippen molar-refractivity contribution in [2.75, 3.05) is 37.9 Å². The maximum Gasteiger partial charge on any atom is 0.119 e. The number of hydrogen-bond donors (Lipinski definition) is 2. The molecule has 0 atom stereocenters. The lowest BCUT2D eigenvalue weighted by molar-refractivity contribution is 0.413. The number of nitrogens with one attached hydrogen (secondary N) is 2. The van der Waals surface area contributed by atoms with E-state index in [0.29, 0.717) is 23.7 Å². The average Bonchev–Trinajstić information content (AvgIpc) is 2.75. The SMILES string of the molecule is COc1cc(C(C)C)c(NCCNc2c(C(C)C)cc(OC)cc2C(C)C)c(C(C)C)c1. The molecule has 2 aromatic carbocycles. The van der Waals surface area contributed by atoms with Crippen LogP contribution >= 0.6 is 0 Å². The molecule has 0 fully saturated rings. The molecular weight excluding hydrogens is 396 g/mol. The van der Waals surface area contributed by atoms with Gasteiger partial charge in [-0.25, -0.2) is 0 Å². The molecule has 0 saturated heterocycles. The van der Waals surface area contributed by atoms with Gasteiger partial charge in [0.25, 0.3) is 0 Å². The Balaban J connectivity index is 2.28. The Kier molecular flexibility index (Phi) is 9.30. The Morgan fingerprint density at radius 2 is 0.781 bits per heavy atom. The van der Waals surface area contributed by atoms with Crippen molar-refractivity contribution in [1.29, 1.82) is 0 Å². The van der Waals surface area contributed by atoms with Crippen LogP contribution in [-0.2, 0) is 0 Å². The minimum atomic E-state index is 0.416. The smallest absolute Gasteiger partial charge is 0.119 e. The fourth-order valence-electron chi connectivity index (χ4n) is 4.16. The predicted octanol–water partition coefficient (Wildman–Crippen LogP) is 7.72. The molecule has 178 valence electrons. The Bertz CT molecular complexity index is 753. The molecule has 32 heavy (non-hydrogen) atoms. The van der Waals surface area contributed by atoms with E-state index < -0.39 is 0 Å². The molecule has 4 nitrogen and oxygen atoms in total. The van der Waals surface area contributed by atoms with E-state index in [1.54, 1.807) is 14.2 Å². The van der Waals surface area contributed by atoms with E-state index in [9.17, 15) is 0 Å². The Morgan fingerprint density at radius 3 is 0.969 bits per heavy atom. The molecule has 0 amide bonds. The molecular formula is C28H44N2O2. The molecule has 0 radical (unpaired) electrons. The first kappa shape index (κ1) is 25.9. The molecule has 0 aliphatic carbocycles. The summed E-state index contributed by atoms with van der Waals surface area (Å²) in [4.78, 5) is 0.